The predicted molar refractivity (Wildman–Crippen MR) is 51.3 cm³/mol. The first-order valence-corrected chi connectivity index (χ1v) is 4.48. The van der Waals surface area contributed by atoms with E-state index >= 15 is 0 Å². The second kappa shape index (κ2) is 4.17. The van der Waals surface area contributed by atoms with Crippen LogP contribution in [0.4, 0.5) is 0 Å². The Balaban J connectivity index is 2.56. The van der Waals surface area contributed by atoms with Gasteiger partial charge in [-0.3, -0.25) is 9.59 Å². The summed E-state index contributed by atoms with van der Waals surface area (Å²) in [6, 6.07) is 0. The van der Waals surface area contributed by atoms with Gasteiger partial charge >= 0.3 is 0 Å². The monoisotopic (exact) mass is 178 g/mol. The van der Waals surface area contributed by atoms with E-state index < -0.39 is 5.92 Å². The molecule has 0 aromatic heterocycles. The molecule has 0 aromatic rings. The minimum absolute atomic E-state index is 0.0440. The van der Waals surface area contributed by atoms with E-state index in [4.69, 9.17) is 0 Å². The summed E-state index contributed by atoms with van der Waals surface area (Å²) >= 11 is 0. The molecule has 0 radical (unpaired) electrons. The van der Waals surface area contributed by atoms with E-state index in [0.717, 1.165) is 12.0 Å². The highest BCUT2D eigenvalue weighted by Crippen LogP contribution is 2.18. The Labute approximate surface area is 78.3 Å². The SMILES string of the molecule is C=C(C)CCC1C(=O)C=CCC1=O. The average Bonchev–Trinajstić information content (AvgIpc) is 2.03. The third-order valence-electron chi connectivity index (χ3n) is 2.19. The van der Waals surface area contributed by atoms with Crippen LogP contribution in [0.25, 0.3) is 0 Å². The molecule has 0 saturated heterocycles. The van der Waals surface area contributed by atoms with E-state index in [9.17, 15) is 9.59 Å². The van der Waals surface area contributed by atoms with Gasteiger partial charge in [0, 0.05) is 6.42 Å². The molecule has 0 amide bonds. The van der Waals surface area contributed by atoms with Crippen LogP contribution in [0.15, 0.2) is 24.3 Å². The highest BCUT2D eigenvalue weighted by atomic mass is 16.1. The van der Waals surface area contributed by atoms with Crippen molar-refractivity contribution >= 4 is 11.6 Å². The maximum absolute atomic E-state index is 11.3. The van der Waals surface area contributed by atoms with Gasteiger partial charge in [-0.05, 0) is 25.8 Å². The summed E-state index contributed by atoms with van der Waals surface area (Å²) in [5, 5.41) is 0. The molecule has 0 aliphatic heterocycles. The lowest BCUT2D eigenvalue weighted by atomic mass is 9.87. The smallest absolute Gasteiger partial charge is 0.165 e. The van der Waals surface area contributed by atoms with Crippen molar-refractivity contribution in [3.8, 4) is 0 Å². The summed E-state index contributed by atoms with van der Waals surface area (Å²) in [7, 11) is 0. The molecule has 2 heteroatoms. The van der Waals surface area contributed by atoms with E-state index in [-0.39, 0.29) is 11.6 Å². The van der Waals surface area contributed by atoms with Crippen LogP contribution >= 0.6 is 0 Å². The number of hydrogen-bond acceptors (Lipinski definition) is 2. The van der Waals surface area contributed by atoms with E-state index in [2.05, 4.69) is 6.58 Å². The Morgan fingerprint density at radius 3 is 2.85 bits per heavy atom. The Kier molecular flexibility index (Phi) is 3.18. The van der Waals surface area contributed by atoms with Gasteiger partial charge in [0.15, 0.2) is 5.78 Å². The van der Waals surface area contributed by atoms with Gasteiger partial charge in [0.2, 0.25) is 0 Å². The van der Waals surface area contributed by atoms with Crippen molar-refractivity contribution < 1.29 is 9.59 Å². The van der Waals surface area contributed by atoms with Crippen molar-refractivity contribution in [2.75, 3.05) is 0 Å². The maximum Gasteiger partial charge on any atom is 0.165 e. The van der Waals surface area contributed by atoms with Crippen molar-refractivity contribution in [2.45, 2.75) is 26.2 Å². The molecule has 1 unspecified atom stereocenters. The van der Waals surface area contributed by atoms with Crippen molar-refractivity contribution in [2.24, 2.45) is 5.92 Å². The lowest BCUT2D eigenvalue weighted by molar-refractivity contribution is -0.130. The van der Waals surface area contributed by atoms with Gasteiger partial charge in [0.05, 0.1) is 5.92 Å². The number of Topliss-reactive ketones (excluding diaryl/α,β-unsaturated/α-hetero) is 1. The van der Waals surface area contributed by atoms with E-state index in [0.29, 0.717) is 12.8 Å². The molecule has 0 saturated carbocycles. The molecule has 0 heterocycles. The number of ketones is 2. The van der Waals surface area contributed by atoms with Crippen LogP contribution in [0.3, 0.4) is 0 Å². The fourth-order valence-corrected chi connectivity index (χ4v) is 1.40. The van der Waals surface area contributed by atoms with Crippen molar-refractivity contribution in [1.29, 1.82) is 0 Å². The second-order valence-corrected chi connectivity index (χ2v) is 3.52. The molecule has 1 aliphatic carbocycles. The minimum atomic E-state index is -0.401. The van der Waals surface area contributed by atoms with Gasteiger partial charge in [-0.15, -0.1) is 6.58 Å². The molecule has 1 aliphatic rings. The fourth-order valence-electron chi connectivity index (χ4n) is 1.40. The molecular formula is C11H14O2. The van der Waals surface area contributed by atoms with Crippen molar-refractivity contribution in [1.82, 2.24) is 0 Å². The lowest BCUT2D eigenvalue weighted by Crippen LogP contribution is -2.25. The molecule has 13 heavy (non-hydrogen) atoms. The second-order valence-electron chi connectivity index (χ2n) is 3.52. The zero-order chi connectivity index (χ0) is 9.84. The fraction of sp³-hybridized carbons (Fsp3) is 0.455. The zero-order valence-corrected chi connectivity index (χ0v) is 7.88. The molecule has 0 bridgehead atoms. The number of rotatable bonds is 3. The first kappa shape index (κ1) is 9.90. The van der Waals surface area contributed by atoms with Crippen LogP contribution in [0, 0.1) is 5.92 Å². The first-order chi connectivity index (χ1) is 6.11. The third-order valence-corrected chi connectivity index (χ3v) is 2.19. The normalized spacial score (nSPS) is 22.1. The summed E-state index contributed by atoms with van der Waals surface area (Å²) < 4.78 is 0. The summed E-state index contributed by atoms with van der Waals surface area (Å²) in [6.07, 6.45) is 4.95. The number of allylic oxidation sites excluding steroid dienone is 3. The minimum Gasteiger partial charge on any atom is -0.299 e. The predicted octanol–water partition coefficient (Wildman–Crippen LogP) is 2.06. The molecule has 0 spiro atoms. The molecule has 0 N–H and O–H groups in total. The van der Waals surface area contributed by atoms with E-state index in [1.54, 1.807) is 6.08 Å². The van der Waals surface area contributed by atoms with E-state index in [1.165, 1.54) is 6.08 Å². The highest BCUT2D eigenvalue weighted by molar-refractivity contribution is 6.10. The number of carbonyl (C=O) groups is 2. The number of carbonyl (C=O) groups excluding carboxylic acids is 2. The molecule has 2 nitrogen and oxygen atoms in total. The molecule has 0 fully saturated rings. The molecule has 1 atom stereocenters. The molecular weight excluding hydrogens is 164 g/mol. The maximum atomic E-state index is 11.3. The van der Waals surface area contributed by atoms with Gasteiger partial charge in [0.25, 0.3) is 0 Å². The Hall–Kier alpha value is -1.18. The third kappa shape index (κ3) is 2.65. The zero-order valence-electron chi connectivity index (χ0n) is 7.88. The summed E-state index contributed by atoms with van der Waals surface area (Å²) in [6.45, 7) is 5.66. The summed E-state index contributed by atoms with van der Waals surface area (Å²) in [5.41, 5.74) is 1.02. The highest BCUT2D eigenvalue weighted by Gasteiger charge is 2.25. The van der Waals surface area contributed by atoms with Crippen LogP contribution in [-0.4, -0.2) is 11.6 Å². The van der Waals surface area contributed by atoms with Crippen molar-refractivity contribution in [3.05, 3.63) is 24.3 Å². The van der Waals surface area contributed by atoms with Crippen LogP contribution in [-0.2, 0) is 9.59 Å². The van der Waals surface area contributed by atoms with E-state index in [1.807, 2.05) is 6.92 Å². The Morgan fingerprint density at radius 2 is 2.31 bits per heavy atom. The quantitative estimate of drug-likeness (QED) is 0.489. The average molecular weight is 178 g/mol. The topological polar surface area (TPSA) is 34.1 Å². The van der Waals surface area contributed by atoms with Crippen LogP contribution < -0.4 is 0 Å². The van der Waals surface area contributed by atoms with Crippen LogP contribution in [0.5, 0.6) is 0 Å². The Morgan fingerprint density at radius 1 is 1.62 bits per heavy atom. The van der Waals surface area contributed by atoms with Gasteiger partial charge < -0.3 is 0 Å². The molecule has 70 valence electrons. The van der Waals surface area contributed by atoms with Gasteiger partial charge in [-0.25, -0.2) is 0 Å². The van der Waals surface area contributed by atoms with Gasteiger partial charge in [-0.2, -0.15) is 0 Å². The largest absolute Gasteiger partial charge is 0.299 e. The standard InChI is InChI=1S/C11H14O2/c1-8(2)6-7-9-10(12)4-3-5-11(9)13/h3-4,9H,1,5-7H2,2H3. The lowest BCUT2D eigenvalue weighted by Gasteiger charge is -2.14. The Bertz CT molecular complexity index is 274. The van der Waals surface area contributed by atoms with Crippen LogP contribution in [0.1, 0.15) is 26.2 Å². The van der Waals surface area contributed by atoms with Gasteiger partial charge in [0.1, 0.15) is 5.78 Å². The van der Waals surface area contributed by atoms with Gasteiger partial charge in [-0.1, -0.05) is 11.6 Å². The first-order valence-electron chi connectivity index (χ1n) is 4.48. The molecule has 1 rings (SSSR count). The van der Waals surface area contributed by atoms with Crippen LogP contribution in [0.2, 0.25) is 0 Å². The summed E-state index contributed by atoms with van der Waals surface area (Å²) in [4.78, 5) is 22.6. The summed E-state index contributed by atoms with van der Waals surface area (Å²) in [5.74, 6) is -0.395. The van der Waals surface area contributed by atoms with Crippen molar-refractivity contribution in [3.63, 3.8) is 0 Å². The number of hydrogen-bond donors (Lipinski definition) is 0. The molecule has 0 aromatic carbocycles.